The molecule has 0 spiro atoms. The van der Waals surface area contributed by atoms with Crippen LogP contribution in [-0.2, 0) is 24.2 Å². The van der Waals surface area contributed by atoms with Crippen molar-refractivity contribution in [2.45, 2.75) is 45.8 Å². The molecule has 1 saturated heterocycles. The predicted octanol–water partition coefficient (Wildman–Crippen LogP) is 3.17. The fraction of sp³-hybridized carbons (Fsp3) is 0.524. The molecule has 140 valence electrons. The van der Waals surface area contributed by atoms with Crippen LogP contribution in [0, 0.1) is 6.92 Å². The highest BCUT2D eigenvalue weighted by Crippen LogP contribution is 2.23. The zero-order valence-corrected chi connectivity index (χ0v) is 16.3. The minimum atomic E-state index is 0.306. The van der Waals surface area contributed by atoms with Crippen molar-refractivity contribution in [2.24, 2.45) is 0 Å². The minimum Gasteiger partial charge on any atom is -0.496 e. The molecular formula is C21H29N3O2. The molecule has 26 heavy (non-hydrogen) atoms. The summed E-state index contributed by atoms with van der Waals surface area (Å²) in [5.41, 5.74) is 4.38. The Labute approximate surface area is 156 Å². The van der Waals surface area contributed by atoms with Crippen LogP contribution >= 0.6 is 0 Å². The third-order valence-electron chi connectivity index (χ3n) is 4.85. The lowest BCUT2D eigenvalue weighted by molar-refractivity contribution is 0.0472. The lowest BCUT2D eigenvalue weighted by Gasteiger charge is -2.15. The number of rotatable bonds is 7. The molecular weight excluding hydrogens is 326 g/mol. The molecule has 0 N–H and O–H groups in total. The summed E-state index contributed by atoms with van der Waals surface area (Å²) in [6, 6.07) is 8.32. The maximum Gasteiger partial charge on any atom is 0.133 e. The number of methoxy groups -OCH3 is 1. The van der Waals surface area contributed by atoms with Crippen molar-refractivity contribution in [3.63, 3.8) is 0 Å². The van der Waals surface area contributed by atoms with E-state index in [1.807, 2.05) is 13.0 Å². The van der Waals surface area contributed by atoms with Gasteiger partial charge in [-0.05, 0) is 50.6 Å². The standard InChI is InChI=1S/C21H29N3O2/c1-5-18-10-15(2)22-21(23-18)12-16-6-7-20(25-4)17(11-16)14-26-19-8-9-24(3)13-19/h6-7,10-11,19H,5,8-9,12-14H2,1-4H3. The number of likely N-dealkylation sites (tertiary alicyclic amines) is 1. The Morgan fingerprint density at radius 2 is 2.08 bits per heavy atom. The SMILES string of the molecule is CCc1cc(C)nc(Cc2ccc(OC)c(COC3CCN(C)C3)c2)n1. The van der Waals surface area contributed by atoms with E-state index in [9.17, 15) is 0 Å². The van der Waals surface area contributed by atoms with Gasteiger partial charge in [0.1, 0.15) is 11.6 Å². The Hall–Kier alpha value is -1.98. The summed E-state index contributed by atoms with van der Waals surface area (Å²) < 4.78 is 11.6. The second-order valence-electron chi connectivity index (χ2n) is 7.08. The van der Waals surface area contributed by atoms with Gasteiger partial charge in [0, 0.05) is 36.5 Å². The first kappa shape index (κ1) is 18.8. The first-order chi connectivity index (χ1) is 12.6. The van der Waals surface area contributed by atoms with E-state index in [0.717, 1.165) is 60.9 Å². The van der Waals surface area contributed by atoms with E-state index in [4.69, 9.17) is 9.47 Å². The maximum absolute atomic E-state index is 6.11. The minimum absolute atomic E-state index is 0.306. The number of ether oxygens (including phenoxy) is 2. The first-order valence-corrected chi connectivity index (χ1v) is 9.36. The second kappa shape index (κ2) is 8.60. The average molecular weight is 355 g/mol. The third-order valence-corrected chi connectivity index (χ3v) is 4.85. The molecule has 1 aliphatic heterocycles. The lowest BCUT2D eigenvalue weighted by atomic mass is 10.1. The van der Waals surface area contributed by atoms with Crippen molar-refractivity contribution < 1.29 is 9.47 Å². The van der Waals surface area contributed by atoms with Gasteiger partial charge in [-0.2, -0.15) is 0 Å². The Morgan fingerprint density at radius 3 is 2.77 bits per heavy atom. The monoisotopic (exact) mass is 355 g/mol. The van der Waals surface area contributed by atoms with E-state index in [0.29, 0.717) is 12.7 Å². The summed E-state index contributed by atoms with van der Waals surface area (Å²) in [6.07, 6.45) is 3.04. The lowest BCUT2D eigenvalue weighted by Crippen LogP contribution is -2.19. The molecule has 1 aromatic heterocycles. The number of hydrogen-bond acceptors (Lipinski definition) is 5. The third kappa shape index (κ3) is 4.80. The normalized spacial score (nSPS) is 17.6. The van der Waals surface area contributed by atoms with Crippen LogP contribution < -0.4 is 4.74 Å². The fourth-order valence-corrected chi connectivity index (χ4v) is 3.44. The molecule has 3 rings (SSSR count). The van der Waals surface area contributed by atoms with Crippen molar-refractivity contribution in [1.29, 1.82) is 0 Å². The van der Waals surface area contributed by atoms with Gasteiger partial charge in [-0.15, -0.1) is 0 Å². The Kier molecular flexibility index (Phi) is 6.22. The van der Waals surface area contributed by atoms with Crippen LogP contribution in [0.2, 0.25) is 0 Å². The smallest absolute Gasteiger partial charge is 0.133 e. The van der Waals surface area contributed by atoms with Gasteiger partial charge in [0.2, 0.25) is 0 Å². The van der Waals surface area contributed by atoms with Crippen molar-refractivity contribution in [3.05, 3.63) is 52.6 Å². The summed E-state index contributed by atoms with van der Waals surface area (Å²) in [7, 11) is 3.84. The maximum atomic E-state index is 6.11. The summed E-state index contributed by atoms with van der Waals surface area (Å²) in [5.74, 6) is 1.75. The van der Waals surface area contributed by atoms with Gasteiger partial charge in [-0.1, -0.05) is 13.0 Å². The van der Waals surface area contributed by atoms with Gasteiger partial charge in [0.25, 0.3) is 0 Å². The van der Waals surface area contributed by atoms with Crippen LogP contribution in [0.1, 0.15) is 41.7 Å². The Balaban J connectivity index is 1.73. The number of hydrogen-bond donors (Lipinski definition) is 0. The van der Waals surface area contributed by atoms with E-state index in [2.05, 4.69) is 47.0 Å². The van der Waals surface area contributed by atoms with E-state index in [1.165, 1.54) is 5.56 Å². The Bertz CT molecular complexity index is 748. The summed E-state index contributed by atoms with van der Waals surface area (Å²) in [4.78, 5) is 11.5. The van der Waals surface area contributed by atoms with Crippen molar-refractivity contribution in [1.82, 2.24) is 14.9 Å². The molecule has 1 aromatic carbocycles. The van der Waals surface area contributed by atoms with Gasteiger partial charge in [0.05, 0.1) is 19.8 Å². The molecule has 0 radical (unpaired) electrons. The van der Waals surface area contributed by atoms with Gasteiger partial charge >= 0.3 is 0 Å². The second-order valence-corrected chi connectivity index (χ2v) is 7.08. The highest BCUT2D eigenvalue weighted by molar-refractivity contribution is 5.38. The molecule has 2 aromatic rings. The van der Waals surface area contributed by atoms with Gasteiger partial charge in [0.15, 0.2) is 0 Å². The Morgan fingerprint density at radius 1 is 1.23 bits per heavy atom. The van der Waals surface area contributed by atoms with Gasteiger partial charge in [-0.3, -0.25) is 0 Å². The summed E-state index contributed by atoms with van der Waals surface area (Å²) >= 11 is 0. The van der Waals surface area contributed by atoms with E-state index in [-0.39, 0.29) is 0 Å². The summed E-state index contributed by atoms with van der Waals surface area (Å²) in [5, 5.41) is 0. The zero-order chi connectivity index (χ0) is 18.5. The number of aryl methyl sites for hydroxylation is 2. The molecule has 0 aliphatic carbocycles. The molecule has 5 heteroatoms. The highest BCUT2D eigenvalue weighted by Gasteiger charge is 2.20. The number of benzene rings is 1. The number of likely N-dealkylation sites (N-methyl/N-ethyl adjacent to an activating group) is 1. The molecule has 0 bridgehead atoms. The summed E-state index contributed by atoms with van der Waals surface area (Å²) in [6.45, 7) is 6.82. The van der Waals surface area contributed by atoms with Crippen LogP contribution in [0.15, 0.2) is 24.3 Å². The largest absolute Gasteiger partial charge is 0.496 e. The van der Waals surface area contributed by atoms with Crippen LogP contribution in [0.25, 0.3) is 0 Å². The fourth-order valence-electron chi connectivity index (χ4n) is 3.44. The van der Waals surface area contributed by atoms with Crippen molar-refractivity contribution in [3.8, 4) is 5.75 Å². The average Bonchev–Trinajstić information content (AvgIpc) is 3.05. The number of aromatic nitrogens is 2. The molecule has 0 amide bonds. The van der Waals surface area contributed by atoms with Crippen LogP contribution in [0.3, 0.4) is 0 Å². The molecule has 0 saturated carbocycles. The van der Waals surface area contributed by atoms with Crippen LogP contribution in [-0.4, -0.2) is 48.2 Å². The van der Waals surface area contributed by atoms with Crippen molar-refractivity contribution in [2.75, 3.05) is 27.2 Å². The first-order valence-electron chi connectivity index (χ1n) is 9.36. The quantitative estimate of drug-likeness (QED) is 0.763. The molecule has 1 atom stereocenters. The topological polar surface area (TPSA) is 47.5 Å². The molecule has 1 unspecified atom stereocenters. The van der Waals surface area contributed by atoms with E-state index in [1.54, 1.807) is 7.11 Å². The molecule has 1 fully saturated rings. The van der Waals surface area contributed by atoms with E-state index >= 15 is 0 Å². The van der Waals surface area contributed by atoms with Crippen LogP contribution in [0.4, 0.5) is 0 Å². The van der Waals surface area contributed by atoms with Gasteiger partial charge in [-0.25, -0.2) is 9.97 Å². The predicted molar refractivity (Wildman–Crippen MR) is 103 cm³/mol. The van der Waals surface area contributed by atoms with E-state index < -0.39 is 0 Å². The van der Waals surface area contributed by atoms with Gasteiger partial charge < -0.3 is 14.4 Å². The van der Waals surface area contributed by atoms with Crippen molar-refractivity contribution >= 4 is 0 Å². The molecule has 1 aliphatic rings. The van der Waals surface area contributed by atoms with Crippen LogP contribution in [0.5, 0.6) is 5.75 Å². The number of nitrogens with zero attached hydrogens (tertiary/aromatic N) is 3. The molecule has 2 heterocycles. The molecule has 5 nitrogen and oxygen atoms in total. The zero-order valence-electron chi connectivity index (χ0n) is 16.3. The highest BCUT2D eigenvalue weighted by atomic mass is 16.5.